The van der Waals surface area contributed by atoms with Crippen molar-refractivity contribution in [3.05, 3.63) is 54.1 Å². The molecule has 1 saturated heterocycles. The number of hydrogen-bond acceptors (Lipinski definition) is 7. The summed E-state index contributed by atoms with van der Waals surface area (Å²) in [5, 5.41) is 4.94. The van der Waals surface area contributed by atoms with Crippen LogP contribution in [0.2, 0.25) is 0 Å². The molecule has 1 aliphatic rings. The molecule has 12 heteroatoms. The first-order chi connectivity index (χ1) is 18.1. The first kappa shape index (κ1) is 36.6. The second-order valence-electron chi connectivity index (χ2n) is 9.68. The van der Waals surface area contributed by atoms with Crippen LogP contribution in [0.5, 0.6) is 0 Å². The Bertz CT molecular complexity index is 1220. The zero-order valence-corrected chi connectivity index (χ0v) is 31.3. The summed E-state index contributed by atoms with van der Waals surface area (Å²) in [6.45, 7) is 7.46. The van der Waals surface area contributed by atoms with Gasteiger partial charge in [0.25, 0.3) is 11.8 Å². The number of fused-ring (bicyclic) bond motifs is 1. The minimum atomic E-state index is -1.09. The van der Waals surface area contributed by atoms with Crippen LogP contribution >= 0.6 is 0 Å². The molecule has 3 amide bonds. The zero-order valence-electron chi connectivity index (χ0n) is 23.6. The molecule has 1 aromatic heterocycles. The Morgan fingerprint density at radius 1 is 1.23 bits per heavy atom. The summed E-state index contributed by atoms with van der Waals surface area (Å²) >= 11 is 0. The van der Waals surface area contributed by atoms with E-state index in [0.29, 0.717) is 19.4 Å². The van der Waals surface area contributed by atoms with E-state index in [-0.39, 0.29) is 84.5 Å². The van der Waals surface area contributed by atoms with Crippen LogP contribution in [0.1, 0.15) is 51.8 Å². The fourth-order valence-corrected chi connectivity index (χ4v) is 4.11. The van der Waals surface area contributed by atoms with Gasteiger partial charge < -0.3 is 15.8 Å². The molecule has 1 radical (unpaired) electrons. The van der Waals surface area contributed by atoms with Gasteiger partial charge in [0.1, 0.15) is 12.1 Å². The largest absolute Gasteiger partial charge is 1.00 e. The number of carbonyl (C=O) groups is 4. The van der Waals surface area contributed by atoms with Gasteiger partial charge in [-0.1, -0.05) is 39.0 Å². The molecular formula is C28H36N5O5RbRe. The number of hydrogen-bond donors (Lipinski definition) is 3. The Kier molecular flexibility index (Phi) is 16.0. The van der Waals surface area contributed by atoms with E-state index in [1.807, 2.05) is 37.3 Å². The molecule has 3 atom stereocenters. The van der Waals surface area contributed by atoms with E-state index in [4.69, 9.17) is 10.5 Å². The van der Waals surface area contributed by atoms with Crippen molar-refractivity contribution in [2.75, 3.05) is 6.54 Å². The summed E-state index contributed by atoms with van der Waals surface area (Å²) in [4.78, 5) is 54.2. The van der Waals surface area contributed by atoms with Gasteiger partial charge in [0, 0.05) is 38.0 Å². The van der Waals surface area contributed by atoms with Crippen molar-refractivity contribution in [1.82, 2.24) is 20.7 Å². The number of ether oxygens (including phenoxy) is 1. The molecule has 0 saturated carbocycles. The van der Waals surface area contributed by atoms with Crippen LogP contribution in [-0.4, -0.2) is 58.4 Å². The van der Waals surface area contributed by atoms with E-state index in [1.165, 1.54) is 18.4 Å². The topological polar surface area (TPSA) is 144 Å². The van der Waals surface area contributed by atoms with Crippen molar-refractivity contribution in [2.24, 2.45) is 11.7 Å². The SMILES string of the molecule is CCc1ccc2ccc(/C=C/[CH-]C(=O)OC(C(=O)N[C@@H](C)C(=O)N3CCC[C@@H](C(N)=O)N3)C(C)C)cc2n1.[Rb+].[Re]. The van der Waals surface area contributed by atoms with Crippen molar-refractivity contribution in [3.63, 3.8) is 0 Å². The normalized spacial score (nSPS) is 16.4. The van der Waals surface area contributed by atoms with E-state index in [0.717, 1.165) is 28.6 Å². The number of benzene rings is 1. The molecule has 3 rings (SSSR count). The molecule has 1 aliphatic heterocycles. The first-order valence-corrected chi connectivity index (χ1v) is 12.9. The quantitative estimate of drug-likeness (QED) is 0.209. The third-order valence-corrected chi connectivity index (χ3v) is 6.29. The average molecular weight is 794 g/mol. The first-order valence-electron chi connectivity index (χ1n) is 12.9. The molecule has 4 N–H and O–H groups in total. The van der Waals surface area contributed by atoms with E-state index in [2.05, 4.69) is 15.7 Å². The standard InChI is InChI=1S/C28H36N5O5.Rb.Re/c1-5-21-14-13-20-12-11-19(16-23(20)31-21)8-6-10-24(34)38-25(17(2)3)27(36)30-18(4)28(37)33-15-7-9-22(32-33)26(29)35;;/h6,8,10-14,16-18,22,25,32H,5,7,9,15H2,1-4H3,(H2,29,35)(H,30,36);;/q-1;+1;/b8-6+;;/t18-,22-,25?;;/m0../s1. The predicted octanol–water partition coefficient (Wildman–Crippen LogP) is -0.930. The molecule has 2 aromatic rings. The molecule has 1 fully saturated rings. The summed E-state index contributed by atoms with van der Waals surface area (Å²) in [5.74, 6) is -2.54. The fourth-order valence-electron chi connectivity index (χ4n) is 4.11. The molecule has 1 unspecified atom stereocenters. The summed E-state index contributed by atoms with van der Waals surface area (Å²) in [7, 11) is 0. The van der Waals surface area contributed by atoms with Crippen LogP contribution in [0.15, 0.2) is 36.4 Å². The van der Waals surface area contributed by atoms with E-state index >= 15 is 0 Å². The molecule has 40 heavy (non-hydrogen) atoms. The van der Waals surface area contributed by atoms with Gasteiger partial charge >= 0.3 is 58.2 Å². The molecule has 211 valence electrons. The summed E-state index contributed by atoms with van der Waals surface area (Å²) in [6.07, 6.45) is 5.47. The number of pyridine rings is 1. The number of hydrazine groups is 1. The minimum Gasteiger partial charge on any atom is -0.462 e. The van der Waals surface area contributed by atoms with Gasteiger partial charge in [-0.05, 0) is 44.2 Å². The molecule has 2 heterocycles. The molecule has 1 aromatic carbocycles. The van der Waals surface area contributed by atoms with Crippen LogP contribution < -0.4 is 74.7 Å². The van der Waals surface area contributed by atoms with Crippen LogP contribution in [0.25, 0.3) is 17.0 Å². The Hall–Kier alpha value is -1.45. The Morgan fingerprint density at radius 3 is 2.58 bits per heavy atom. The van der Waals surface area contributed by atoms with Gasteiger partial charge in [0.05, 0.1) is 5.52 Å². The maximum Gasteiger partial charge on any atom is 1.00 e. The van der Waals surface area contributed by atoms with Gasteiger partial charge in [-0.2, -0.15) is 0 Å². The molecule has 0 bridgehead atoms. The summed E-state index contributed by atoms with van der Waals surface area (Å²) < 4.78 is 5.41. The number of primary amides is 1. The van der Waals surface area contributed by atoms with Gasteiger partial charge in [0.15, 0.2) is 6.10 Å². The number of amides is 3. The van der Waals surface area contributed by atoms with Crippen molar-refractivity contribution >= 4 is 40.7 Å². The van der Waals surface area contributed by atoms with Crippen molar-refractivity contribution in [3.8, 4) is 0 Å². The van der Waals surface area contributed by atoms with Crippen LogP contribution in [-0.2, 0) is 50.8 Å². The second-order valence-corrected chi connectivity index (χ2v) is 9.68. The predicted molar refractivity (Wildman–Crippen MR) is 144 cm³/mol. The monoisotopic (exact) mass is 794 g/mol. The Labute approximate surface area is 298 Å². The second kappa shape index (κ2) is 17.5. The third kappa shape index (κ3) is 10.4. The number of esters is 1. The number of aromatic nitrogens is 1. The Balaban J connectivity index is 0.00000400. The van der Waals surface area contributed by atoms with Crippen LogP contribution in [0, 0.1) is 12.3 Å². The average Bonchev–Trinajstić information content (AvgIpc) is 2.90. The van der Waals surface area contributed by atoms with Crippen molar-refractivity contribution < 1.29 is 103 Å². The number of nitrogens with one attached hydrogen (secondary N) is 2. The van der Waals surface area contributed by atoms with Crippen molar-refractivity contribution in [2.45, 2.75) is 65.1 Å². The zero-order chi connectivity index (χ0) is 27.8. The van der Waals surface area contributed by atoms with Gasteiger partial charge in [-0.15, -0.1) is 12.0 Å². The number of nitrogens with two attached hydrogens (primary N) is 1. The maximum absolute atomic E-state index is 12.9. The fraction of sp³-hybridized carbons (Fsp3) is 0.429. The smallest absolute Gasteiger partial charge is 0.462 e. The van der Waals surface area contributed by atoms with E-state index < -0.39 is 41.9 Å². The van der Waals surface area contributed by atoms with Gasteiger partial charge in [-0.3, -0.25) is 29.2 Å². The minimum absolute atomic E-state index is 0. The van der Waals surface area contributed by atoms with Crippen LogP contribution in [0.3, 0.4) is 0 Å². The Morgan fingerprint density at radius 2 is 1.93 bits per heavy atom. The van der Waals surface area contributed by atoms with Gasteiger partial charge in [-0.25, -0.2) is 17.6 Å². The molecule has 10 nitrogen and oxygen atoms in total. The van der Waals surface area contributed by atoms with E-state index in [9.17, 15) is 19.2 Å². The molecular weight excluding hydrogens is 758 g/mol. The number of aryl methyl sites for hydroxylation is 1. The third-order valence-electron chi connectivity index (χ3n) is 6.29. The van der Waals surface area contributed by atoms with Crippen molar-refractivity contribution in [1.29, 1.82) is 0 Å². The number of rotatable bonds is 10. The number of carbonyl (C=O) groups excluding carboxylic acids is 4. The maximum atomic E-state index is 12.9. The molecule has 0 aliphatic carbocycles. The van der Waals surface area contributed by atoms with E-state index in [1.54, 1.807) is 26.0 Å². The van der Waals surface area contributed by atoms with Gasteiger partial charge in [0.2, 0.25) is 11.9 Å². The summed E-state index contributed by atoms with van der Waals surface area (Å²) in [5.41, 5.74) is 10.9. The molecule has 0 spiro atoms. The number of nitrogens with zero attached hydrogens (tertiary/aromatic N) is 2. The summed E-state index contributed by atoms with van der Waals surface area (Å²) in [6, 6.07) is 8.33. The van der Waals surface area contributed by atoms with Crippen LogP contribution in [0.4, 0.5) is 0 Å².